The summed E-state index contributed by atoms with van der Waals surface area (Å²) in [5.41, 5.74) is -0.768. The monoisotopic (exact) mass is 336 g/mol. The summed E-state index contributed by atoms with van der Waals surface area (Å²) in [6.45, 7) is 1.82. The van der Waals surface area contributed by atoms with Crippen molar-refractivity contribution in [3.8, 4) is 5.75 Å². The maximum Gasteiger partial charge on any atom is 0.342 e. The maximum atomic E-state index is 12.4. The molecule has 0 fully saturated rings. The zero-order valence-electron chi connectivity index (χ0n) is 12.6. The van der Waals surface area contributed by atoms with E-state index in [1.165, 1.54) is 7.11 Å². The first kappa shape index (κ1) is 16.8. The number of nitrogens with zero attached hydrogens (tertiary/aromatic N) is 1. The summed E-state index contributed by atoms with van der Waals surface area (Å²) in [6, 6.07) is 7.03. The molecule has 23 heavy (non-hydrogen) atoms. The number of hydrogen-bond donors (Lipinski definition) is 3. The van der Waals surface area contributed by atoms with E-state index in [2.05, 4.69) is 20.5 Å². The molecule has 0 saturated carbocycles. The van der Waals surface area contributed by atoms with Crippen molar-refractivity contribution in [2.24, 2.45) is 0 Å². The molecule has 9 heteroatoms. The first-order valence-electron chi connectivity index (χ1n) is 6.84. The highest BCUT2D eigenvalue weighted by Crippen LogP contribution is 2.26. The molecule has 122 valence electrons. The zero-order chi connectivity index (χ0) is 16.8. The van der Waals surface area contributed by atoms with Gasteiger partial charge in [-0.15, -0.1) is 0 Å². The molecule has 0 aliphatic rings. The van der Waals surface area contributed by atoms with Crippen LogP contribution in [0.2, 0.25) is 0 Å². The van der Waals surface area contributed by atoms with Gasteiger partial charge in [-0.25, -0.2) is 9.89 Å². The van der Waals surface area contributed by atoms with Gasteiger partial charge in [0.15, 0.2) is 5.03 Å². The lowest BCUT2D eigenvalue weighted by Gasteiger charge is -2.15. The van der Waals surface area contributed by atoms with E-state index < -0.39 is 16.5 Å². The molecular formula is C14H16N4O4S. The van der Waals surface area contributed by atoms with Crippen LogP contribution >= 0.6 is 11.8 Å². The Balaban J connectivity index is 2.15. The molecule has 0 aliphatic carbocycles. The van der Waals surface area contributed by atoms with Crippen LogP contribution in [0.4, 0.5) is 5.69 Å². The third-order valence-electron chi connectivity index (χ3n) is 2.96. The summed E-state index contributed by atoms with van der Waals surface area (Å²) >= 11 is 0.987. The molecule has 3 N–H and O–H groups in total. The Kier molecular flexibility index (Phi) is 5.58. The average molecular weight is 336 g/mol. The molecule has 8 nitrogen and oxygen atoms in total. The number of methoxy groups -OCH3 is 1. The number of aromatic amines is 2. The molecule has 0 spiro atoms. The first-order valence-corrected chi connectivity index (χ1v) is 7.72. The molecule has 1 heterocycles. The number of para-hydroxylation sites is 2. The highest BCUT2D eigenvalue weighted by molar-refractivity contribution is 8.00. The van der Waals surface area contributed by atoms with Gasteiger partial charge in [-0.05, 0) is 18.6 Å². The minimum absolute atomic E-state index is 0.0339. The third-order valence-corrected chi connectivity index (χ3v) is 4.29. The highest BCUT2D eigenvalue weighted by atomic mass is 32.2. The summed E-state index contributed by atoms with van der Waals surface area (Å²) in [4.78, 5) is 37.1. The van der Waals surface area contributed by atoms with Gasteiger partial charge in [-0.2, -0.15) is 5.10 Å². The second kappa shape index (κ2) is 7.63. The average Bonchev–Trinajstić information content (AvgIpc) is 2.54. The van der Waals surface area contributed by atoms with Crippen molar-refractivity contribution in [1.82, 2.24) is 15.2 Å². The Morgan fingerprint density at radius 1 is 1.39 bits per heavy atom. The van der Waals surface area contributed by atoms with E-state index in [1.807, 2.05) is 6.92 Å². The summed E-state index contributed by atoms with van der Waals surface area (Å²) < 4.78 is 5.18. The van der Waals surface area contributed by atoms with Crippen molar-refractivity contribution in [2.75, 3.05) is 12.4 Å². The van der Waals surface area contributed by atoms with Crippen molar-refractivity contribution < 1.29 is 9.53 Å². The van der Waals surface area contributed by atoms with Crippen LogP contribution in [-0.4, -0.2) is 33.4 Å². The predicted octanol–water partition coefficient (Wildman–Crippen LogP) is 0.976. The van der Waals surface area contributed by atoms with Gasteiger partial charge in [0, 0.05) is 0 Å². The van der Waals surface area contributed by atoms with Crippen molar-refractivity contribution >= 4 is 23.4 Å². The fourth-order valence-electron chi connectivity index (χ4n) is 1.83. The predicted molar refractivity (Wildman–Crippen MR) is 87.0 cm³/mol. The zero-order valence-corrected chi connectivity index (χ0v) is 13.4. The number of carbonyl (C=O) groups excluding carboxylic acids is 1. The van der Waals surface area contributed by atoms with Crippen LogP contribution in [-0.2, 0) is 4.79 Å². The van der Waals surface area contributed by atoms with E-state index in [0.717, 1.165) is 11.8 Å². The normalized spacial score (nSPS) is 11.7. The Hall–Kier alpha value is -2.55. The minimum atomic E-state index is -0.689. The minimum Gasteiger partial charge on any atom is -0.495 e. The van der Waals surface area contributed by atoms with Crippen LogP contribution in [0.15, 0.2) is 38.9 Å². The summed E-state index contributed by atoms with van der Waals surface area (Å²) in [6.07, 6.45) is 0.478. The largest absolute Gasteiger partial charge is 0.495 e. The number of nitrogens with one attached hydrogen (secondary N) is 3. The molecule has 0 aliphatic heterocycles. The number of ether oxygens (including phenoxy) is 1. The molecule has 2 rings (SSSR count). The fraction of sp³-hybridized carbons (Fsp3) is 0.286. The van der Waals surface area contributed by atoms with Crippen LogP contribution in [0.5, 0.6) is 5.75 Å². The molecule has 1 aromatic carbocycles. The first-order chi connectivity index (χ1) is 11.0. The SMILES string of the molecule is CC[C@H](Sc1n[nH]c(=O)[nH]c1=O)C(=O)Nc1ccccc1OC. The maximum absolute atomic E-state index is 12.4. The number of amides is 1. The lowest BCUT2D eigenvalue weighted by atomic mass is 10.2. The number of aromatic nitrogens is 3. The molecule has 1 amide bonds. The molecule has 0 unspecified atom stereocenters. The Bertz CT molecular complexity index is 802. The van der Waals surface area contributed by atoms with Crippen molar-refractivity contribution in [1.29, 1.82) is 0 Å². The molecule has 1 aromatic heterocycles. The lowest BCUT2D eigenvalue weighted by Crippen LogP contribution is -2.29. The second-order valence-electron chi connectivity index (χ2n) is 4.52. The van der Waals surface area contributed by atoms with Crippen LogP contribution in [0.3, 0.4) is 0 Å². The summed E-state index contributed by atoms with van der Waals surface area (Å²) in [5.74, 6) is 0.259. The van der Waals surface area contributed by atoms with Gasteiger partial charge in [0.05, 0.1) is 18.0 Å². The van der Waals surface area contributed by atoms with Crippen molar-refractivity contribution in [2.45, 2.75) is 23.6 Å². The Morgan fingerprint density at radius 3 is 2.78 bits per heavy atom. The quantitative estimate of drug-likeness (QED) is 0.677. The van der Waals surface area contributed by atoms with Gasteiger partial charge in [-0.3, -0.25) is 14.6 Å². The number of anilines is 1. The Morgan fingerprint density at radius 2 is 2.13 bits per heavy atom. The lowest BCUT2D eigenvalue weighted by molar-refractivity contribution is -0.115. The van der Waals surface area contributed by atoms with Gasteiger partial charge in [-0.1, -0.05) is 30.8 Å². The van der Waals surface area contributed by atoms with Gasteiger partial charge in [0.25, 0.3) is 5.56 Å². The molecule has 2 aromatic rings. The van der Waals surface area contributed by atoms with E-state index in [0.29, 0.717) is 17.9 Å². The summed E-state index contributed by atoms with van der Waals surface area (Å²) in [7, 11) is 1.51. The van der Waals surface area contributed by atoms with E-state index >= 15 is 0 Å². The van der Waals surface area contributed by atoms with Crippen LogP contribution in [0.1, 0.15) is 13.3 Å². The van der Waals surface area contributed by atoms with Crippen molar-refractivity contribution in [3.05, 3.63) is 45.1 Å². The molecular weight excluding hydrogens is 320 g/mol. The van der Waals surface area contributed by atoms with Crippen LogP contribution in [0.25, 0.3) is 0 Å². The Labute approximate surface area is 135 Å². The van der Waals surface area contributed by atoms with Crippen LogP contribution < -0.4 is 21.3 Å². The molecule has 0 bridgehead atoms. The molecule has 1 atom stereocenters. The van der Waals surface area contributed by atoms with E-state index in [-0.39, 0.29) is 10.9 Å². The summed E-state index contributed by atoms with van der Waals surface area (Å²) in [5, 5.41) is 8.07. The van der Waals surface area contributed by atoms with Gasteiger partial charge in [0.1, 0.15) is 5.75 Å². The van der Waals surface area contributed by atoms with E-state index in [1.54, 1.807) is 24.3 Å². The smallest absolute Gasteiger partial charge is 0.342 e. The topological polar surface area (TPSA) is 117 Å². The van der Waals surface area contributed by atoms with Crippen molar-refractivity contribution in [3.63, 3.8) is 0 Å². The number of benzene rings is 1. The fourth-order valence-corrected chi connectivity index (χ4v) is 2.69. The van der Waals surface area contributed by atoms with Crippen LogP contribution in [0, 0.1) is 0 Å². The number of thioether (sulfide) groups is 1. The van der Waals surface area contributed by atoms with E-state index in [4.69, 9.17) is 4.74 Å². The number of rotatable bonds is 6. The standard InChI is InChI=1S/C14H16N4O4S/c1-3-10(23-13-12(20)16-14(21)18-17-13)11(19)15-8-6-4-5-7-9(8)22-2/h4-7,10H,3H2,1-2H3,(H,15,19)(H2,16,18,20,21)/t10-/m0/s1. The van der Waals surface area contributed by atoms with E-state index in [9.17, 15) is 14.4 Å². The molecule has 0 saturated heterocycles. The van der Waals surface area contributed by atoms with Gasteiger partial charge < -0.3 is 10.1 Å². The molecule has 0 radical (unpaired) electrons. The highest BCUT2D eigenvalue weighted by Gasteiger charge is 2.21. The van der Waals surface area contributed by atoms with Gasteiger partial charge in [0.2, 0.25) is 5.91 Å². The van der Waals surface area contributed by atoms with Gasteiger partial charge >= 0.3 is 5.69 Å². The second-order valence-corrected chi connectivity index (χ2v) is 5.71. The number of hydrogen-bond acceptors (Lipinski definition) is 6. The number of H-pyrrole nitrogens is 2. The number of carbonyl (C=O) groups is 1. The third kappa shape index (κ3) is 4.22.